The Labute approximate surface area is 98.4 Å². The molecule has 1 aromatic heterocycles. The standard InChI is InChI=1S/C12H12ClNO2/c1-2-14-7-10(15)11-6-8-4-3-5-9(13)12(8)16-11/h3-6,14H,2,7H2,1H3. The van der Waals surface area contributed by atoms with Gasteiger partial charge in [0, 0.05) is 5.39 Å². The zero-order chi connectivity index (χ0) is 11.5. The lowest BCUT2D eigenvalue weighted by Gasteiger charge is -1.96. The third-order valence-corrected chi connectivity index (χ3v) is 2.60. The van der Waals surface area contributed by atoms with Crippen molar-refractivity contribution in [3.8, 4) is 0 Å². The van der Waals surface area contributed by atoms with Crippen molar-refractivity contribution in [3.63, 3.8) is 0 Å². The highest BCUT2D eigenvalue weighted by Gasteiger charge is 2.12. The number of likely N-dealkylation sites (N-methyl/N-ethyl adjacent to an activating group) is 1. The molecule has 84 valence electrons. The number of hydrogen-bond acceptors (Lipinski definition) is 3. The van der Waals surface area contributed by atoms with Gasteiger partial charge in [0.25, 0.3) is 0 Å². The van der Waals surface area contributed by atoms with Crippen molar-refractivity contribution in [3.05, 3.63) is 35.0 Å². The second kappa shape index (κ2) is 4.68. The lowest BCUT2D eigenvalue weighted by atomic mass is 10.2. The van der Waals surface area contributed by atoms with Crippen molar-refractivity contribution in [2.24, 2.45) is 0 Å². The van der Waals surface area contributed by atoms with Crippen LogP contribution in [0.5, 0.6) is 0 Å². The Kier molecular flexibility index (Phi) is 3.27. The van der Waals surface area contributed by atoms with E-state index >= 15 is 0 Å². The molecule has 0 spiro atoms. The molecule has 2 aromatic rings. The predicted octanol–water partition coefficient (Wildman–Crippen LogP) is 2.88. The second-order valence-corrected chi connectivity index (χ2v) is 3.88. The summed E-state index contributed by atoms with van der Waals surface area (Å²) in [6.07, 6.45) is 0. The molecule has 0 saturated carbocycles. The molecule has 0 radical (unpaired) electrons. The first kappa shape index (κ1) is 11.2. The number of rotatable bonds is 4. The molecule has 2 rings (SSSR count). The lowest BCUT2D eigenvalue weighted by Crippen LogP contribution is -2.22. The van der Waals surface area contributed by atoms with Crippen molar-refractivity contribution in [1.29, 1.82) is 0 Å². The van der Waals surface area contributed by atoms with Crippen LogP contribution in [-0.4, -0.2) is 18.9 Å². The summed E-state index contributed by atoms with van der Waals surface area (Å²) >= 11 is 5.96. The summed E-state index contributed by atoms with van der Waals surface area (Å²) in [5, 5.41) is 4.34. The average molecular weight is 238 g/mol. The zero-order valence-corrected chi connectivity index (χ0v) is 9.67. The Morgan fingerprint density at radius 3 is 3.00 bits per heavy atom. The Morgan fingerprint density at radius 2 is 2.31 bits per heavy atom. The van der Waals surface area contributed by atoms with Gasteiger partial charge in [-0.15, -0.1) is 0 Å². The van der Waals surface area contributed by atoms with Gasteiger partial charge in [-0.3, -0.25) is 4.79 Å². The van der Waals surface area contributed by atoms with Gasteiger partial charge >= 0.3 is 0 Å². The number of halogens is 1. The fraction of sp³-hybridized carbons (Fsp3) is 0.250. The Bertz CT molecular complexity index is 519. The van der Waals surface area contributed by atoms with Crippen LogP contribution in [0.3, 0.4) is 0 Å². The normalized spacial score (nSPS) is 10.9. The molecule has 1 aromatic carbocycles. The van der Waals surface area contributed by atoms with E-state index in [1.807, 2.05) is 19.1 Å². The second-order valence-electron chi connectivity index (χ2n) is 3.47. The summed E-state index contributed by atoms with van der Waals surface area (Å²) in [5.41, 5.74) is 0.573. The van der Waals surface area contributed by atoms with E-state index < -0.39 is 0 Å². The van der Waals surface area contributed by atoms with Crippen LogP contribution in [0.1, 0.15) is 17.5 Å². The van der Waals surface area contributed by atoms with E-state index in [9.17, 15) is 4.79 Å². The molecule has 0 atom stereocenters. The molecule has 0 bridgehead atoms. The van der Waals surface area contributed by atoms with Crippen molar-refractivity contribution in [1.82, 2.24) is 5.32 Å². The molecular weight excluding hydrogens is 226 g/mol. The molecule has 16 heavy (non-hydrogen) atoms. The van der Waals surface area contributed by atoms with Gasteiger partial charge in [0.2, 0.25) is 5.78 Å². The molecule has 0 unspecified atom stereocenters. The number of benzene rings is 1. The quantitative estimate of drug-likeness (QED) is 0.832. The first-order valence-corrected chi connectivity index (χ1v) is 5.52. The van der Waals surface area contributed by atoms with E-state index in [0.29, 0.717) is 16.4 Å². The highest BCUT2D eigenvalue weighted by Crippen LogP contribution is 2.26. The highest BCUT2D eigenvalue weighted by molar-refractivity contribution is 6.34. The van der Waals surface area contributed by atoms with Crippen molar-refractivity contribution >= 4 is 28.4 Å². The number of ketones is 1. The first-order valence-electron chi connectivity index (χ1n) is 5.14. The third kappa shape index (κ3) is 2.10. The van der Waals surface area contributed by atoms with Gasteiger partial charge < -0.3 is 9.73 Å². The van der Waals surface area contributed by atoms with Gasteiger partial charge in [-0.25, -0.2) is 0 Å². The van der Waals surface area contributed by atoms with E-state index in [2.05, 4.69) is 5.32 Å². The SMILES string of the molecule is CCNCC(=O)c1cc2cccc(Cl)c2o1. The minimum atomic E-state index is -0.0610. The summed E-state index contributed by atoms with van der Waals surface area (Å²) in [4.78, 5) is 11.7. The summed E-state index contributed by atoms with van der Waals surface area (Å²) < 4.78 is 5.44. The Balaban J connectivity index is 2.32. The largest absolute Gasteiger partial charge is 0.451 e. The molecular formula is C12H12ClNO2. The van der Waals surface area contributed by atoms with Gasteiger partial charge in [-0.05, 0) is 18.7 Å². The van der Waals surface area contributed by atoms with Crippen LogP contribution >= 0.6 is 11.6 Å². The number of fused-ring (bicyclic) bond motifs is 1. The fourth-order valence-corrected chi connectivity index (χ4v) is 1.71. The van der Waals surface area contributed by atoms with E-state index in [0.717, 1.165) is 11.9 Å². The van der Waals surface area contributed by atoms with Crippen LogP contribution in [-0.2, 0) is 0 Å². The summed E-state index contributed by atoms with van der Waals surface area (Å²) in [6.45, 7) is 2.99. The molecule has 0 aliphatic carbocycles. The molecule has 0 amide bonds. The van der Waals surface area contributed by atoms with Crippen LogP contribution in [0, 0.1) is 0 Å². The molecule has 0 saturated heterocycles. The summed E-state index contributed by atoms with van der Waals surface area (Å²) in [6, 6.07) is 7.17. The predicted molar refractivity (Wildman–Crippen MR) is 64.1 cm³/mol. The van der Waals surface area contributed by atoms with E-state index in [1.165, 1.54) is 0 Å². The number of para-hydroxylation sites is 1. The minimum Gasteiger partial charge on any atom is -0.451 e. The van der Waals surface area contributed by atoms with Crippen LogP contribution in [0.2, 0.25) is 5.02 Å². The molecule has 0 fully saturated rings. The minimum absolute atomic E-state index is 0.0610. The van der Waals surface area contributed by atoms with Crippen LogP contribution in [0.4, 0.5) is 0 Å². The first-order chi connectivity index (χ1) is 7.72. The number of furan rings is 1. The van der Waals surface area contributed by atoms with Gasteiger partial charge in [0.15, 0.2) is 11.3 Å². The smallest absolute Gasteiger partial charge is 0.211 e. The molecule has 0 aliphatic heterocycles. The zero-order valence-electron chi connectivity index (χ0n) is 8.92. The van der Waals surface area contributed by atoms with Gasteiger partial charge in [-0.2, -0.15) is 0 Å². The number of carbonyl (C=O) groups excluding carboxylic acids is 1. The number of nitrogens with one attached hydrogen (secondary N) is 1. The van der Waals surface area contributed by atoms with Crippen LogP contribution in [0.15, 0.2) is 28.7 Å². The fourth-order valence-electron chi connectivity index (χ4n) is 1.49. The maximum atomic E-state index is 11.7. The van der Waals surface area contributed by atoms with Gasteiger partial charge in [-0.1, -0.05) is 30.7 Å². The van der Waals surface area contributed by atoms with Crippen molar-refractivity contribution < 1.29 is 9.21 Å². The van der Waals surface area contributed by atoms with E-state index in [-0.39, 0.29) is 12.3 Å². The number of Topliss-reactive ketones (excluding diaryl/α,β-unsaturated/α-hetero) is 1. The van der Waals surface area contributed by atoms with E-state index in [4.69, 9.17) is 16.0 Å². The van der Waals surface area contributed by atoms with Crippen molar-refractivity contribution in [2.45, 2.75) is 6.92 Å². The molecule has 4 heteroatoms. The highest BCUT2D eigenvalue weighted by atomic mass is 35.5. The molecule has 0 aliphatic rings. The number of hydrogen-bond donors (Lipinski definition) is 1. The summed E-state index contributed by atoms with van der Waals surface area (Å²) in [7, 11) is 0. The lowest BCUT2D eigenvalue weighted by molar-refractivity contribution is 0.0967. The van der Waals surface area contributed by atoms with Crippen LogP contribution < -0.4 is 5.32 Å². The van der Waals surface area contributed by atoms with Crippen LogP contribution in [0.25, 0.3) is 11.0 Å². The van der Waals surface area contributed by atoms with Gasteiger partial charge in [0.05, 0.1) is 11.6 Å². The molecule has 3 nitrogen and oxygen atoms in total. The average Bonchev–Trinajstić information content (AvgIpc) is 2.71. The Hall–Kier alpha value is -1.32. The Morgan fingerprint density at radius 1 is 1.50 bits per heavy atom. The number of carbonyl (C=O) groups is 1. The van der Waals surface area contributed by atoms with E-state index in [1.54, 1.807) is 12.1 Å². The maximum absolute atomic E-state index is 11.7. The molecule has 1 N–H and O–H groups in total. The topological polar surface area (TPSA) is 42.2 Å². The molecule has 1 heterocycles. The maximum Gasteiger partial charge on any atom is 0.211 e. The van der Waals surface area contributed by atoms with Crippen molar-refractivity contribution in [2.75, 3.05) is 13.1 Å². The third-order valence-electron chi connectivity index (χ3n) is 2.31. The monoisotopic (exact) mass is 237 g/mol. The van der Waals surface area contributed by atoms with Gasteiger partial charge in [0.1, 0.15) is 0 Å². The summed E-state index contributed by atoms with van der Waals surface area (Å²) in [5.74, 6) is 0.290.